The van der Waals surface area contributed by atoms with Crippen LogP contribution in [-0.2, 0) is 14.3 Å². The van der Waals surface area contributed by atoms with Gasteiger partial charge < -0.3 is 9.64 Å². The van der Waals surface area contributed by atoms with E-state index in [1.807, 2.05) is 0 Å². The van der Waals surface area contributed by atoms with Gasteiger partial charge in [0, 0.05) is 7.05 Å². The number of morpholine rings is 1. The van der Waals surface area contributed by atoms with Crippen LogP contribution in [0, 0.1) is 0 Å². The first kappa shape index (κ1) is 6.07. The number of amides is 1. The van der Waals surface area contributed by atoms with Gasteiger partial charge in [0.15, 0.2) is 0 Å². The van der Waals surface area contributed by atoms with Crippen LogP contribution in [0.25, 0.3) is 0 Å². The molecule has 0 aromatic heterocycles. The quantitative estimate of drug-likeness (QED) is 0.311. The highest BCUT2D eigenvalue weighted by molar-refractivity contribution is 6.32. The van der Waals surface area contributed by atoms with Crippen molar-refractivity contribution in [2.45, 2.75) is 0 Å². The van der Waals surface area contributed by atoms with Gasteiger partial charge in [-0.1, -0.05) is 0 Å². The summed E-state index contributed by atoms with van der Waals surface area (Å²) in [6, 6.07) is 0. The number of hydrogen-bond donors (Lipinski definition) is 0. The molecular weight excluding hydrogens is 122 g/mol. The highest BCUT2D eigenvalue weighted by Gasteiger charge is 2.24. The zero-order valence-electron chi connectivity index (χ0n) is 5.09. The molecule has 0 atom stereocenters. The van der Waals surface area contributed by atoms with Crippen LogP contribution in [0.15, 0.2) is 0 Å². The van der Waals surface area contributed by atoms with Gasteiger partial charge in [0.05, 0.1) is 6.54 Å². The third kappa shape index (κ3) is 1.01. The monoisotopic (exact) mass is 129 g/mol. The van der Waals surface area contributed by atoms with Gasteiger partial charge in [0.25, 0.3) is 0 Å². The summed E-state index contributed by atoms with van der Waals surface area (Å²) >= 11 is 0. The van der Waals surface area contributed by atoms with Crippen LogP contribution in [0.5, 0.6) is 0 Å². The standard InChI is InChI=1S/C5H7NO3/c1-6-2-3-9-5(8)4(6)7/h2-3H2,1H3. The van der Waals surface area contributed by atoms with Crippen LogP contribution >= 0.6 is 0 Å². The Labute approximate surface area is 52.4 Å². The second kappa shape index (κ2) is 2.05. The number of ether oxygens (including phenoxy) is 1. The maximum atomic E-state index is 10.6. The van der Waals surface area contributed by atoms with Crippen LogP contribution in [0.3, 0.4) is 0 Å². The molecule has 0 unspecified atom stereocenters. The molecule has 1 amide bonds. The van der Waals surface area contributed by atoms with E-state index in [1.165, 1.54) is 4.90 Å². The summed E-state index contributed by atoms with van der Waals surface area (Å²) in [4.78, 5) is 22.3. The van der Waals surface area contributed by atoms with E-state index in [1.54, 1.807) is 7.05 Å². The Morgan fingerprint density at radius 3 is 2.67 bits per heavy atom. The van der Waals surface area contributed by atoms with Crippen LogP contribution in [0.2, 0.25) is 0 Å². The van der Waals surface area contributed by atoms with E-state index in [0.717, 1.165) is 0 Å². The van der Waals surface area contributed by atoms with Crippen molar-refractivity contribution in [2.75, 3.05) is 20.2 Å². The number of carbonyl (C=O) groups excluding carboxylic acids is 2. The summed E-state index contributed by atoms with van der Waals surface area (Å²) in [7, 11) is 1.57. The summed E-state index contributed by atoms with van der Waals surface area (Å²) in [5.74, 6) is -1.30. The second-order valence-electron chi connectivity index (χ2n) is 1.86. The van der Waals surface area contributed by atoms with Crippen molar-refractivity contribution in [2.24, 2.45) is 0 Å². The van der Waals surface area contributed by atoms with Gasteiger partial charge in [-0.05, 0) is 0 Å². The summed E-state index contributed by atoms with van der Waals surface area (Å²) in [5, 5.41) is 0. The maximum Gasteiger partial charge on any atom is 0.397 e. The number of cyclic esters (lactones) is 1. The molecule has 9 heavy (non-hydrogen) atoms. The first-order valence-electron chi connectivity index (χ1n) is 2.64. The van der Waals surface area contributed by atoms with Crippen LogP contribution < -0.4 is 0 Å². The summed E-state index contributed by atoms with van der Waals surface area (Å²) in [6.45, 7) is 0.825. The molecule has 0 aliphatic carbocycles. The molecule has 4 heteroatoms. The topological polar surface area (TPSA) is 46.6 Å². The van der Waals surface area contributed by atoms with E-state index in [4.69, 9.17) is 0 Å². The molecule has 0 saturated carbocycles. The van der Waals surface area contributed by atoms with E-state index in [2.05, 4.69) is 4.74 Å². The van der Waals surface area contributed by atoms with Gasteiger partial charge in [-0.25, -0.2) is 4.79 Å². The minimum absolute atomic E-state index is 0.321. The number of carbonyl (C=O) groups is 2. The zero-order valence-corrected chi connectivity index (χ0v) is 5.09. The fourth-order valence-electron chi connectivity index (χ4n) is 0.594. The maximum absolute atomic E-state index is 10.6. The van der Waals surface area contributed by atoms with E-state index in [0.29, 0.717) is 13.2 Å². The minimum atomic E-state index is -0.747. The minimum Gasteiger partial charge on any atom is -0.457 e. The molecule has 50 valence electrons. The van der Waals surface area contributed by atoms with Gasteiger partial charge in [-0.3, -0.25) is 4.79 Å². The number of nitrogens with zero attached hydrogens (tertiary/aromatic N) is 1. The fraction of sp³-hybridized carbons (Fsp3) is 0.600. The molecule has 4 nitrogen and oxygen atoms in total. The van der Waals surface area contributed by atoms with Crippen molar-refractivity contribution in [3.8, 4) is 0 Å². The molecule has 0 N–H and O–H groups in total. The number of rotatable bonds is 0. The third-order valence-corrected chi connectivity index (χ3v) is 1.18. The predicted octanol–water partition coefficient (Wildman–Crippen LogP) is -0.998. The van der Waals surface area contributed by atoms with Crippen LogP contribution in [0.1, 0.15) is 0 Å². The van der Waals surface area contributed by atoms with Crippen molar-refractivity contribution in [1.82, 2.24) is 4.90 Å². The van der Waals surface area contributed by atoms with Crippen molar-refractivity contribution in [3.05, 3.63) is 0 Å². The van der Waals surface area contributed by atoms with Crippen molar-refractivity contribution < 1.29 is 14.3 Å². The first-order chi connectivity index (χ1) is 4.22. The zero-order chi connectivity index (χ0) is 6.85. The number of esters is 1. The summed E-state index contributed by atoms with van der Waals surface area (Å²) < 4.78 is 4.43. The van der Waals surface area contributed by atoms with Gasteiger partial charge in [0.1, 0.15) is 6.61 Å². The van der Waals surface area contributed by atoms with Crippen molar-refractivity contribution in [1.29, 1.82) is 0 Å². The van der Waals surface area contributed by atoms with E-state index in [-0.39, 0.29) is 0 Å². The molecule has 1 saturated heterocycles. The molecule has 0 aromatic rings. The molecule has 1 aliphatic heterocycles. The number of likely N-dealkylation sites (N-methyl/N-ethyl adjacent to an activating group) is 1. The first-order valence-corrected chi connectivity index (χ1v) is 2.64. The Hall–Kier alpha value is -1.06. The summed E-state index contributed by atoms with van der Waals surface area (Å²) in [5.41, 5.74) is 0. The summed E-state index contributed by atoms with van der Waals surface area (Å²) in [6.07, 6.45) is 0. The molecule has 1 heterocycles. The Bertz CT molecular complexity index is 154. The Balaban J connectivity index is 2.62. The molecule has 0 bridgehead atoms. The van der Waals surface area contributed by atoms with Gasteiger partial charge >= 0.3 is 11.9 Å². The average Bonchev–Trinajstić information content (AvgIpc) is 1.83. The Morgan fingerprint density at radius 1 is 1.56 bits per heavy atom. The number of hydrogen-bond acceptors (Lipinski definition) is 3. The molecule has 1 rings (SSSR count). The third-order valence-electron chi connectivity index (χ3n) is 1.18. The highest BCUT2D eigenvalue weighted by Crippen LogP contribution is 1.95. The Kier molecular flexibility index (Phi) is 1.38. The van der Waals surface area contributed by atoms with Crippen molar-refractivity contribution in [3.63, 3.8) is 0 Å². The SMILES string of the molecule is CN1CCOC(=O)C1=O. The van der Waals surface area contributed by atoms with E-state index in [9.17, 15) is 9.59 Å². The second-order valence-corrected chi connectivity index (χ2v) is 1.86. The lowest BCUT2D eigenvalue weighted by atomic mass is 10.4. The molecule has 1 fully saturated rings. The smallest absolute Gasteiger partial charge is 0.397 e. The lowest BCUT2D eigenvalue weighted by Gasteiger charge is -2.20. The Morgan fingerprint density at radius 2 is 2.22 bits per heavy atom. The van der Waals surface area contributed by atoms with Crippen LogP contribution in [0.4, 0.5) is 0 Å². The highest BCUT2D eigenvalue weighted by atomic mass is 16.5. The molecule has 1 aliphatic rings. The van der Waals surface area contributed by atoms with Gasteiger partial charge in [-0.15, -0.1) is 0 Å². The lowest BCUT2D eigenvalue weighted by Crippen LogP contribution is -2.42. The van der Waals surface area contributed by atoms with Crippen molar-refractivity contribution >= 4 is 11.9 Å². The van der Waals surface area contributed by atoms with E-state index < -0.39 is 11.9 Å². The van der Waals surface area contributed by atoms with E-state index >= 15 is 0 Å². The lowest BCUT2D eigenvalue weighted by molar-refractivity contribution is -0.165. The van der Waals surface area contributed by atoms with Gasteiger partial charge in [0.2, 0.25) is 0 Å². The largest absolute Gasteiger partial charge is 0.457 e. The predicted molar refractivity (Wildman–Crippen MR) is 28.6 cm³/mol. The molecule has 0 spiro atoms. The van der Waals surface area contributed by atoms with Crippen LogP contribution in [-0.4, -0.2) is 37.0 Å². The van der Waals surface area contributed by atoms with Gasteiger partial charge in [-0.2, -0.15) is 0 Å². The average molecular weight is 129 g/mol. The normalized spacial score (nSPS) is 19.9. The molecular formula is C5H7NO3. The fourth-order valence-corrected chi connectivity index (χ4v) is 0.594. The molecule has 0 aromatic carbocycles. The molecule has 0 radical (unpaired) electrons.